The summed E-state index contributed by atoms with van der Waals surface area (Å²) < 4.78 is 5.18. The largest absolute Gasteiger partial charge is 0.380 e. The fraction of sp³-hybridized carbons (Fsp3) is 1.00. The normalized spacial score (nSPS) is 33.0. The van der Waals surface area contributed by atoms with Crippen molar-refractivity contribution >= 4 is 12.4 Å². The van der Waals surface area contributed by atoms with Crippen molar-refractivity contribution in [2.24, 2.45) is 0 Å². The highest BCUT2D eigenvalue weighted by molar-refractivity contribution is 5.85. The zero-order valence-corrected chi connectivity index (χ0v) is 7.41. The summed E-state index contributed by atoms with van der Waals surface area (Å²) in [6, 6.07) is 0.691. The molecule has 2 atom stereocenters. The average molecular weight is 166 g/mol. The standard InChI is InChI=1S/C7H15NO.ClH/c1-6-3-4-7(9-2)5-8-6;/h6-8H,3-5H2,1-2H3;1H. The quantitative estimate of drug-likeness (QED) is 0.631. The molecule has 0 aromatic rings. The molecule has 1 heterocycles. The van der Waals surface area contributed by atoms with Crippen LogP contribution in [-0.2, 0) is 4.74 Å². The predicted octanol–water partition coefficient (Wildman–Crippen LogP) is 1.20. The maximum absolute atomic E-state index is 5.18. The van der Waals surface area contributed by atoms with Crippen LogP contribution in [0, 0.1) is 0 Å². The van der Waals surface area contributed by atoms with E-state index in [0.717, 1.165) is 6.54 Å². The summed E-state index contributed by atoms with van der Waals surface area (Å²) in [5, 5.41) is 3.36. The first kappa shape index (κ1) is 10.2. The van der Waals surface area contributed by atoms with E-state index < -0.39 is 0 Å². The van der Waals surface area contributed by atoms with Crippen molar-refractivity contribution in [2.75, 3.05) is 13.7 Å². The molecule has 62 valence electrons. The Morgan fingerprint density at radius 3 is 2.50 bits per heavy atom. The van der Waals surface area contributed by atoms with Crippen molar-refractivity contribution in [3.8, 4) is 0 Å². The lowest BCUT2D eigenvalue weighted by Gasteiger charge is -2.26. The Morgan fingerprint density at radius 1 is 1.40 bits per heavy atom. The third kappa shape index (κ3) is 2.86. The molecule has 3 heteroatoms. The van der Waals surface area contributed by atoms with Crippen molar-refractivity contribution in [1.82, 2.24) is 5.32 Å². The van der Waals surface area contributed by atoms with Gasteiger partial charge < -0.3 is 10.1 Å². The molecule has 10 heavy (non-hydrogen) atoms. The van der Waals surface area contributed by atoms with Crippen LogP contribution in [0.2, 0.25) is 0 Å². The van der Waals surface area contributed by atoms with Crippen molar-refractivity contribution in [2.45, 2.75) is 31.9 Å². The molecular formula is C7H16ClNO. The van der Waals surface area contributed by atoms with Crippen LogP contribution in [-0.4, -0.2) is 25.8 Å². The molecule has 1 fully saturated rings. The number of rotatable bonds is 1. The molecule has 2 nitrogen and oxygen atoms in total. The van der Waals surface area contributed by atoms with Gasteiger partial charge in [-0.3, -0.25) is 0 Å². The first-order valence-electron chi connectivity index (χ1n) is 3.59. The van der Waals surface area contributed by atoms with E-state index in [2.05, 4.69) is 12.2 Å². The number of ether oxygens (including phenoxy) is 1. The van der Waals surface area contributed by atoms with E-state index >= 15 is 0 Å². The second-order valence-corrected chi connectivity index (χ2v) is 2.74. The fourth-order valence-corrected chi connectivity index (χ4v) is 1.17. The first-order chi connectivity index (χ1) is 4.33. The third-order valence-electron chi connectivity index (χ3n) is 1.95. The summed E-state index contributed by atoms with van der Waals surface area (Å²) in [5.41, 5.74) is 0. The molecule has 1 N–H and O–H groups in total. The van der Waals surface area contributed by atoms with Crippen LogP contribution >= 0.6 is 12.4 Å². The minimum Gasteiger partial charge on any atom is -0.380 e. The van der Waals surface area contributed by atoms with E-state index in [1.165, 1.54) is 12.8 Å². The number of nitrogens with one attached hydrogen (secondary N) is 1. The Labute approximate surface area is 68.7 Å². The van der Waals surface area contributed by atoms with Gasteiger partial charge in [0.1, 0.15) is 0 Å². The highest BCUT2D eigenvalue weighted by atomic mass is 35.5. The van der Waals surface area contributed by atoms with Gasteiger partial charge in [0, 0.05) is 19.7 Å². The molecule has 0 spiro atoms. The molecule has 0 saturated carbocycles. The lowest BCUT2D eigenvalue weighted by molar-refractivity contribution is 0.0724. The number of hydrogen-bond donors (Lipinski definition) is 1. The Balaban J connectivity index is 0.000000810. The minimum atomic E-state index is 0. The Hall–Kier alpha value is 0.210. The van der Waals surface area contributed by atoms with E-state index in [4.69, 9.17) is 4.74 Å². The maximum Gasteiger partial charge on any atom is 0.0696 e. The number of methoxy groups -OCH3 is 1. The first-order valence-corrected chi connectivity index (χ1v) is 3.59. The van der Waals surface area contributed by atoms with Crippen LogP contribution < -0.4 is 5.32 Å². The van der Waals surface area contributed by atoms with Crippen LogP contribution in [0.5, 0.6) is 0 Å². The van der Waals surface area contributed by atoms with Crippen molar-refractivity contribution in [3.05, 3.63) is 0 Å². The number of hydrogen-bond acceptors (Lipinski definition) is 2. The zero-order valence-electron chi connectivity index (χ0n) is 6.59. The van der Waals surface area contributed by atoms with Gasteiger partial charge in [-0.15, -0.1) is 12.4 Å². The van der Waals surface area contributed by atoms with E-state index in [-0.39, 0.29) is 12.4 Å². The average Bonchev–Trinajstić information content (AvgIpc) is 1.90. The van der Waals surface area contributed by atoms with Gasteiger partial charge in [0.15, 0.2) is 0 Å². The van der Waals surface area contributed by atoms with Gasteiger partial charge in [-0.1, -0.05) is 0 Å². The highest BCUT2D eigenvalue weighted by Crippen LogP contribution is 2.08. The van der Waals surface area contributed by atoms with Crippen LogP contribution in [0.3, 0.4) is 0 Å². The van der Waals surface area contributed by atoms with Crippen LogP contribution in [0.1, 0.15) is 19.8 Å². The molecule has 1 aliphatic rings. The summed E-state index contributed by atoms with van der Waals surface area (Å²) in [6.45, 7) is 3.24. The van der Waals surface area contributed by atoms with Gasteiger partial charge in [0.25, 0.3) is 0 Å². The summed E-state index contributed by atoms with van der Waals surface area (Å²) in [5.74, 6) is 0. The molecule has 1 saturated heterocycles. The molecule has 1 aliphatic heterocycles. The molecule has 0 aliphatic carbocycles. The topological polar surface area (TPSA) is 21.3 Å². The van der Waals surface area contributed by atoms with Crippen LogP contribution in [0.4, 0.5) is 0 Å². The molecule has 0 bridgehead atoms. The Bertz CT molecular complexity index is 81.7. The van der Waals surface area contributed by atoms with Gasteiger partial charge >= 0.3 is 0 Å². The van der Waals surface area contributed by atoms with E-state index in [1.807, 2.05) is 0 Å². The zero-order chi connectivity index (χ0) is 6.69. The molecule has 0 aromatic heterocycles. The Kier molecular flexibility index (Phi) is 5.04. The number of halogens is 1. The smallest absolute Gasteiger partial charge is 0.0696 e. The molecule has 2 unspecified atom stereocenters. The summed E-state index contributed by atoms with van der Waals surface area (Å²) in [6.07, 6.45) is 2.92. The summed E-state index contributed by atoms with van der Waals surface area (Å²) >= 11 is 0. The Morgan fingerprint density at radius 2 is 2.10 bits per heavy atom. The highest BCUT2D eigenvalue weighted by Gasteiger charge is 2.15. The van der Waals surface area contributed by atoms with Gasteiger partial charge in [0.05, 0.1) is 6.10 Å². The van der Waals surface area contributed by atoms with Crippen molar-refractivity contribution in [1.29, 1.82) is 0 Å². The summed E-state index contributed by atoms with van der Waals surface area (Å²) in [4.78, 5) is 0. The van der Waals surface area contributed by atoms with Gasteiger partial charge in [-0.25, -0.2) is 0 Å². The number of piperidine rings is 1. The van der Waals surface area contributed by atoms with Gasteiger partial charge in [-0.05, 0) is 19.8 Å². The van der Waals surface area contributed by atoms with Gasteiger partial charge in [0.2, 0.25) is 0 Å². The lowest BCUT2D eigenvalue weighted by atomic mass is 10.0. The molecule has 1 rings (SSSR count). The fourth-order valence-electron chi connectivity index (χ4n) is 1.17. The molecule has 0 aromatic carbocycles. The van der Waals surface area contributed by atoms with Crippen LogP contribution in [0.25, 0.3) is 0 Å². The maximum atomic E-state index is 5.18. The predicted molar refractivity (Wildman–Crippen MR) is 44.7 cm³/mol. The summed E-state index contributed by atoms with van der Waals surface area (Å²) in [7, 11) is 1.78. The molecule has 0 amide bonds. The third-order valence-corrected chi connectivity index (χ3v) is 1.95. The van der Waals surface area contributed by atoms with E-state index in [9.17, 15) is 0 Å². The second kappa shape index (κ2) is 4.94. The second-order valence-electron chi connectivity index (χ2n) is 2.74. The SMILES string of the molecule is COC1CCC(C)NC1.Cl. The van der Waals surface area contributed by atoms with Crippen molar-refractivity contribution < 1.29 is 4.74 Å². The molecule has 0 radical (unpaired) electrons. The molecular weight excluding hydrogens is 150 g/mol. The van der Waals surface area contributed by atoms with Gasteiger partial charge in [-0.2, -0.15) is 0 Å². The minimum absolute atomic E-state index is 0. The monoisotopic (exact) mass is 165 g/mol. The van der Waals surface area contributed by atoms with Crippen LogP contribution in [0.15, 0.2) is 0 Å². The van der Waals surface area contributed by atoms with Crippen molar-refractivity contribution in [3.63, 3.8) is 0 Å². The lowest BCUT2D eigenvalue weighted by Crippen LogP contribution is -2.40. The van der Waals surface area contributed by atoms with E-state index in [1.54, 1.807) is 7.11 Å². The van der Waals surface area contributed by atoms with E-state index in [0.29, 0.717) is 12.1 Å².